The number of hydrogen-bond donors (Lipinski definition) is 2. The molecule has 0 aliphatic carbocycles. The maximum absolute atomic E-state index is 13.2. The average molecular weight is 275 g/mol. The van der Waals surface area contributed by atoms with E-state index in [1.807, 2.05) is 6.92 Å². The molecule has 0 radical (unpaired) electrons. The number of halogens is 1. The Morgan fingerprint density at radius 1 is 1.39 bits per heavy atom. The number of rotatable bonds is 8. The van der Waals surface area contributed by atoms with Gasteiger partial charge in [-0.15, -0.1) is 0 Å². The summed E-state index contributed by atoms with van der Waals surface area (Å²) in [6.07, 6.45) is 3.62. The van der Waals surface area contributed by atoms with E-state index in [1.54, 1.807) is 0 Å². The Bertz CT molecular complexity index is 465. The zero-order chi connectivity index (χ0) is 13.4. The predicted molar refractivity (Wildman–Crippen MR) is 69.4 cm³/mol. The van der Waals surface area contributed by atoms with Crippen molar-refractivity contribution in [1.29, 1.82) is 0 Å². The lowest BCUT2D eigenvalue weighted by molar-refractivity contribution is 0.590. The molecule has 0 aromatic carbocycles. The van der Waals surface area contributed by atoms with E-state index in [9.17, 15) is 12.8 Å². The van der Waals surface area contributed by atoms with Crippen LogP contribution in [-0.4, -0.2) is 32.2 Å². The topological polar surface area (TPSA) is 71.1 Å². The summed E-state index contributed by atoms with van der Waals surface area (Å²) in [7, 11) is -3.49. The first kappa shape index (κ1) is 14.8. The molecular weight excluding hydrogens is 257 g/mol. The van der Waals surface area contributed by atoms with Crippen LogP contribution in [0.15, 0.2) is 18.5 Å². The van der Waals surface area contributed by atoms with Gasteiger partial charge in [-0.1, -0.05) is 6.92 Å². The van der Waals surface area contributed by atoms with Crippen LogP contribution in [0.4, 0.5) is 10.1 Å². The maximum Gasteiger partial charge on any atom is 0.232 e. The smallest absolute Gasteiger partial charge is 0.232 e. The number of nitrogens with one attached hydrogen (secondary N) is 2. The summed E-state index contributed by atoms with van der Waals surface area (Å²) in [6, 6.07) is 1.30. The van der Waals surface area contributed by atoms with Crippen LogP contribution in [-0.2, 0) is 10.0 Å². The van der Waals surface area contributed by atoms with Gasteiger partial charge in [-0.05, 0) is 32.0 Å². The lowest BCUT2D eigenvalue weighted by Crippen LogP contribution is -2.19. The summed E-state index contributed by atoms with van der Waals surface area (Å²) in [4.78, 5) is 3.55. The molecule has 0 unspecified atom stereocenters. The first-order chi connectivity index (χ1) is 8.55. The standard InChI is InChI=1S/C11H18FN3O2S/c1-2-13-6-3-4-8-18(16,17)15-11-5-7-14-9-10(11)12/h5,7,9,13H,2-4,6,8H2,1H3,(H,14,15). The van der Waals surface area contributed by atoms with Crippen LogP contribution in [0.2, 0.25) is 0 Å². The summed E-state index contributed by atoms with van der Waals surface area (Å²) in [5, 5.41) is 3.11. The van der Waals surface area contributed by atoms with Gasteiger partial charge in [0.25, 0.3) is 0 Å². The lowest BCUT2D eigenvalue weighted by Gasteiger charge is -2.08. The highest BCUT2D eigenvalue weighted by atomic mass is 32.2. The van der Waals surface area contributed by atoms with Crippen molar-refractivity contribution in [2.24, 2.45) is 0 Å². The van der Waals surface area contributed by atoms with Crippen LogP contribution in [0.25, 0.3) is 0 Å². The number of sulfonamides is 1. The molecular formula is C11H18FN3O2S. The van der Waals surface area contributed by atoms with Crippen molar-refractivity contribution in [3.05, 3.63) is 24.3 Å². The van der Waals surface area contributed by atoms with Crippen LogP contribution in [0, 0.1) is 5.82 Å². The molecule has 0 saturated heterocycles. The van der Waals surface area contributed by atoms with Crippen molar-refractivity contribution in [2.75, 3.05) is 23.6 Å². The molecule has 2 N–H and O–H groups in total. The van der Waals surface area contributed by atoms with Gasteiger partial charge >= 0.3 is 0 Å². The molecule has 0 atom stereocenters. The molecule has 0 fully saturated rings. The van der Waals surface area contributed by atoms with Crippen molar-refractivity contribution in [1.82, 2.24) is 10.3 Å². The summed E-state index contributed by atoms with van der Waals surface area (Å²) in [5.74, 6) is -0.686. The van der Waals surface area contributed by atoms with E-state index in [4.69, 9.17) is 0 Å². The summed E-state index contributed by atoms with van der Waals surface area (Å²) in [5.41, 5.74) is -0.0586. The van der Waals surface area contributed by atoms with E-state index in [0.717, 1.165) is 25.7 Å². The van der Waals surface area contributed by atoms with Gasteiger partial charge < -0.3 is 5.32 Å². The van der Waals surface area contributed by atoms with Crippen molar-refractivity contribution in [3.63, 3.8) is 0 Å². The molecule has 102 valence electrons. The quantitative estimate of drug-likeness (QED) is 0.703. The fourth-order valence-electron chi connectivity index (χ4n) is 1.40. The number of nitrogens with zero attached hydrogens (tertiary/aromatic N) is 1. The number of aromatic nitrogens is 1. The van der Waals surface area contributed by atoms with E-state index < -0.39 is 15.8 Å². The minimum Gasteiger partial charge on any atom is -0.317 e. The molecule has 1 aromatic heterocycles. The van der Waals surface area contributed by atoms with E-state index in [0.29, 0.717) is 6.42 Å². The zero-order valence-electron chi connectivity index (χ0n) is 10.3. The van der Waals surface area contributed by atoms with Gasteiger partial charge in [-0.3, -0.25) is 9.71 Å². The van der Waals surface area contributed by atoms with E-state index in [2.05, 4.69) is 15.0 Å². The van der Waals surface area contributed by atoms with Gasteiger partial charge in [0, 0.05) is 6.20 Å². The van der Waals surface area contributed by atoms with Gasteiger partial charge in [-0.2, -0.15) is 0 Å². The molecule has 0 aliphatic heterocycles. The highest BCUT2D eigenvalue weighted by molar-refractivity contribution is 7.92. The summed E-state index contributed by atoms with van der Waals surface area (Å²) in [6.45, 7) is 3.65. The zero-order valence-corrected chi connectivity index (χ0v) is 11.1. The first-order valence-electron chi connectivity index (χ1n) is 5.86. The van der Waals surface area contributed by atoms with Gasteiger partial charge in [0.1, 0.15) is 0 Å². The second-order valence-corrected chi connectivity index (χ2v) is 5.68. The lowest BCUT2D eigenvalue weighted by atomic mass is 10.3. The number of anilines is 1. The highest BCUT2D eigenvalue weighted by Gasteiger charge is 2.12. The van der Waals surface area contributed by atoms with E-state index in [-0.39, 0.29) is 11.4 Å². The van der Waals surface area contributed by atoms with E-state index in [1.165, 1.54) is 12.3 Å². The molecule has 5 nitrogen and oxygen atoms in total. The van der Waals surface area contributed by atoms with Crippen LogP contribution >= 0.6 is 0 Å². The number of hydrogen-bond acceptors (Lipinski definition) is 4. The fraction of sp³-hybridized carbons (Fsp3) is 0.545. The third-order valence-electron chi connectivity index (χ3n) is 2.30. The molecule has 0 aliphatic rings. The van der Waals surface area contributed by atoms with E-state index >= 15 is 0 Å². The van der Waals surface area contributed by atoms with Gasteiger partial charge in [-0.25, -0.2) is 12.8 Å². The largest absolute Gasteiger partial charge is 0.317 e. The molecule has 1 heterocycles. The Morgan fingerprint density at radius 3 is 2.83 bits per heavy atom. The Hall–Kier alpha value is -1.21. The summed E-state index contributed by atoms with van der Waals surface area (Å²) >= 11 is 0. The Kier molecular flexibility index (Phi) is 6.00. The third-order valence-corrected chi connectivity index (χ3v) is 3.66. The predicted octanol–water partition coefficient (Wildman–Crippen LogP) is 1.35. The molecule has 0 amide bonds. The van der Waals surface area contributed by atoms with Gasteiger partial charge in [0.05, 0.1) is 17.6 Å². The van der Waals surface area contributed by atoms with Crippen molar-refractivity contribution in [3.8, 4) is 0 Å². The molecule has 7 heteroatoms. The Morgan fingerprint density at radius 2 is 2.17 bits per heavy atom. The molecule has 0 bridgehead atoms. The molecule has 0 saturated carbocycles. The monoisotopic (exact) mass is 275 g/mol. The minimum atomic E-state index is -3.49. The van der Waals surface area contributed by atoms with Gasteiger partial charge in [0.15, 0.2) is 5.82 Å². The summed E-state index contributed by atoms with van der Waals surface area (Å²) < 4.78 is 38.8. The van der Waals surface area contributed by atoms with Crippen LogP contribution in [0.3, 0.4) is 0 Å². The normalized spacial score (nSPS) is 11.4. The van der Waals surface area contributed by atoms with Gasteiger partial charge in [0.2, 0.25) is 10.0 Å². The Labute approximate surface area is 107 Å². The van der Waals surface area contributed by atoms with Crippen LogP contribution in [0.1, 0.15) is 19.8 Å². The van der Waals surface area contributed by atoms with Crippen molar-refractivity contribution >= 4 is 15.7 Å². The number of unbranched alkanes of at least 4 members (excludes halogenated alkanes) is 1. The molecule has 18 heavy (non-hydrogen) atoms. The second kappa shape index (κ2) is 7.27. The molecule has 0 spiro atoms. The average Bonchev–Trinajstić information content (AvgIpc) is 2.31. The fourth-order valence-corrected chi connectivity index (χ4v) is 2.58. The third kappa shape index (κ3) is 5.42. The van der Waals surface area contributed by atoms with Crippen molar-refractivity contribution < 1.29 is 12.8 Å². The first-order valence-corrected chi connectivity index (χ1v) is 7.51. The number of pyridine rings is 1. The van der Waals surface area contributed by atoms with Crippen LogP contribution in [0.5, 0.6) is 0 Å². The highest BCUT2D eigenvalue weighted by Crippen LogP contribution is 2.13. The SMILES string of the molecule is CCNCCCCS(=O)(=O)Nc1ccncc1F. The maximum atomic E-state index is 13.2. The Balaban J connectivity index is 2.43. The van der Waals surface area contributed by atoms with Crippen LogP contribution < -0.4 is 10.0 Å². The van der Waals surface area contributed by atoms with Crippen molar-refractivity contribution in [2.45, 2.75) is 19.8 Å². The molecule has 1 aromatic rings. The molecule has 1 rings (SSSR count). The second-order valence-electron chi connectivity index (χ2n) is 3.84. The minimum absolute atomic E-state index is 0.0137.